The molecule has 3 rings (SSSR count). The summed E-state index contributed by atoms with van der Waals surface area (Å²) >= 11 is 5.72. The summed E-state index contributed by atoms with van der Waals surface area (Å²) in [5.41, 5.74) is -0.989. The Labute approximate surface area is 237 Å². The number of nitrogens with zero attached hydrogens (tertiary/aromatic N) is 2. The zero-order valence-corrected chi connectivity index (χ0v) is 24.1. The number of benzene rings is 2. The van der Waals surface area contributed by atoms with Crippen molar-refractivity contribution in [2.75, 3.05) is 24.2 Å². The van der Waals surface area contributed by atoms with Gasteiger partial charge in [0.15, 0.2) is 0 Å². The van der Waals surface area contributed by atoms with Crippen LogP contribution in [0.3, 0.4) is 0 Å². The number of rotatable bonds is 11. The van der Waals surface area contributed by atoms with Crippen molar-refractivity contribution in [3.8, 4) is 5.75 Å². The second-order valence-electron chi connectivity index (χ2n) is 9.72. The normalized spacial score (nSPS) is 15.0. The fourth-order valence-electron chi connectivity index (χ4n) is 4.75. The van der Waals surface area contributed by atoms with Gasteiger partial charge >= 0.3 is 6.18 Å². The van der Waals surface area contributed by atoms with E-state index in [1.165, 1.54) is 12.0 Å². The second kappa shape index (κ2) is 13.1. The van der Waals surface area contributed by atoms with E-state index in [1.54, 1.807) is 31.2 Å². The van der Waals surface area contributed by atoms with Gasteiger partial charge in [-0.25, -0.2) is 8.42 Å². The predicted molar refractivity (Wildman–Crippen MR) is 147 cm³/mol. The minimum atomic E-state index is -4.84. The lowest BCUT2D eigenvalue weighted by atomic mass is 10.1. The number of ether oxygens (including phenoxy) is 1. The molecule has 8 nitrogen and oxygen atoms in total. The molecule has 1 aliphatic carbocycles. The SMILES string of the molecule is CC[C@@H](C(=O)NC1CCCC1)N(Cc1cccc(OC)c1)C(=O)CN(c1ccc(Cl)c(C(F)(F)F)c1)S(C)(=O)=O. The van der Waals surface area contributed by atoms with Gasteiger partial charge in [0.05, 0.1) is 29.6 Å². The maximum atomic E-state index is 13.8. The lowest BCUT2D eigenvalue weighted by Crippen LogP contribution is -2.53. The number of hydrogen-bond acceptors (Lipinski definition) is 5. The molecule has 2 amide bonds. The lowest BCUT2D eigenvalue weighted by molar-refractivity contribution is -0.140. The molecule has 40 heavy (non-hydrogen) atoms. The number of methoxy groups -OCH3 is 1. The number of amides is 2. The first-order chi connectivity index (χ1) is 18.7. The van der Waals surface area contributed by atoms with E-state index >= 15 is 0 Å². The first-order valence-corrected chi connectivity index (χ1v) is 15.0. The molecule has 2 aromatic carbocycles. The van der Waals surface area contributed by atoms with Crippen molar-refractivity contribution in [1.29, 1.82) is 0 Å². The van der Waals surface area contributed by atoms with Crippen LogP contribution in [-0.2, 0) is 32.3 Å². The Hall–Kier alpha value is -2.99. The van der Waals surface area contributed by atoms with Crippen LogP contribution in [0.25, 0.3) is 0 Å². The monoisotopic (exact) mass is 603 g/mol. The number of alkyl halides is 3. The molecular formula is C27H33ClF3N3O5S. The molecule has 1 fully saturated rings. The number of carbonyl (C=O) groups excluding carboxylic acids is 2. The van der Waals surface area contributed by atoms with Crippen molar-refractivity contribution in [3.05, 3.63) is 58.6 Å². The van der Waals surface area contributed by atoms with Gasteiger partial charge in [0.25, 0.3) is 0 Å². The molecule has 1 aliphatic rings. The zero-order chi connectivity index (χ0) is 29.7. The summed E-state index contributed by atoms with van der Waals surface area (Å²) in [4.78, 5) is 28.4. The summed E-state index contributed by atoms with van der Waals surface area (Å²) < 4.78 is 71.8. The lowest BCUT2D eigenvalue weighted by Gasteiger charge is -2.33. The Morgan fingerprint density at radius 3 is 2.40 bits per heavy atom. The summed E-state index contributed by atoms with van der Waals surface area (Å²) in [7, 11) is -2.74. The first kappa shape index (κ1) is 31.5. The molecule has 0 aromatic heterocycles. The molecule has 0 unspecified atom stereocenters. The molecule has 1 atom stereocenters. The molecule has 0 heterocycles. The van der Waals surface area contributed by atoms with E-state index in [0.29, 0.717) is 21.7 Å². The predicted octanol–water partition coefficient (Wildman–Crippen LogP) is 5.00. The highest BCUT2D eigenvalue weighted by molar-refractivity contribution is 7.92. The first-order valence-electron chi connectivity index (χ1n) is 12.8. The van der Waals surface area contributed by atoms with Crippen LogP contribution in [0, 0.1) is 0 Å². The van der Waals surface area contributed by atoms with E-state index in [-0.39, 0.29) is 30.6 Å². The van der Waals surface area contributed by atoms with Crippen LogP contribution in [0.4, 0.5) is 18.9 Å². The van der Waals surface area contributed by atoms with E-state index in [0.717, 1.165) is 44.1 Å². The van der Waals surface area contributed by atoms with Crippen LogP contribution in [0.5, 0.6) is 5.75 Å². The van der Waals surface area contributed by atoms with Crippen LogP contribution in [0.2, 0.25) is 5.02 Å². The Bertz CT molecular complexity index is 1320. The summed E-state index contributed by atoms with van der Waals surface area (Å²) in [6, 6.07) is 8.50. The third-order valence-corrected chi connectivity index (χ3v) is 8.27. The standard InChI is InChI=1S/C27H33ClF3N3O5S/c1-4-24(26(36)32-19-9-5-6-10-19)33(16-18-8-7-11-21(14-18)39-2)25(35)17-34(40(3,37)38)20-12-13-23(28)22(15-20)27(29,30)31/h7-8,11-15,19,24H,4-6,9-10,16-17H2,1-3H3,(H,32,36)/t24-/m0/s1. The van der Waals surface area contributed by atoms with Crippen LogP contribution in [0.1, 0.15) is 50.2 Å². The summed E-state index contributed by atoms with van der Waals surface area (Å²) in [5, 5.41) is 2.38. The van der Waals surface area contributed by atoms with E-state index in [1.807, 2.05) is 0 Å². The van der Waals surface area contributed by atoms with Gasteiger partial charge in [-0.3, -0.25) is 13.9 Å². The van der Waals surface area contributed by atoms with Gasteiger partial charge in [0.2, 0.25) is 21.8 Å². The molecule has 220 valence electrons. The molecule has 0 spiro atoms. The molecule has 2 aromatic rings. The van der Waals surface area contributed by atoms with Gasteiger partial charge in [-0.1, -0.05) is 43.5 Å². The topological polar surface area (TPSA) is 96.0 Å². The van der Waals surface area contributed by atoms with Gasteiger partial charge in [-0.2, -0.15) is 13.2 Å². The molecule has 13 heteroatoms. The Balaban J connectivity index is 1.99. The third-order valence-electron chi connectivity index (χ3n) is 6.80. The number of hydrogen-bond donors (Lipinski definition) is 1. The molecule has 0 bridgehead atoms. The highest BCUT2D eigenvalue weighted by atomic mass is 35.5. The minimum Gasteiger partial charge on any atom is -0.497 e. The van der Waals surface area contributed by atoms with Crippen LogP contribution >= 0.6 is 11.6 Å². The van der Waals surface area contributed by atoms with E-state index < -0.39 is 45.3 Å². The van der Waals surface area contributed by atoms with Crippen LogP contribution < -0.4 is 14.4 Å². The van der Waals surface area contributed by atoms with Crippen molar-refractivity contribution in [2.45, 2.75) is 63.8 Å². The van der Waals surface area contributed by atoms with E-state index in [9.17, 15) is 31.2 Å². The van der Waals surface area contributed by atoms with Crippen molar-refractivity contribution < 1.29 is 35.9 Å². The van der Waals surface area contributed by atoms with Crippen molar-refractivity contribution in [1.82, 2.24) is 10.2 Å². The molecule has 0 saturated heterocycles. The van der Waals surface area contributed by atoms with Crippen molar-refractivity contribution >= 4 is 39.1 Å². The van der Waals surface area contributed by atoms with Gasteiger partial charge < -0.3 is 15.0 Å². The zero-order valence-electron chi connectivity index (χ0n) is 22.5. The van der Waals surface area contributed by atoms with E-state index in [2.05, 4.69) is 5.32 Å². The van der Waals surface area contributed by atoms with E-state index in [4.69, 9.17) is 16.3 Å². The fourth-order valence-corrected chi connectivity index (χ4v) is 5.82. The summed E-state index contributed by atoms with van der Waals surface area (Å²) in [6.45, 7) is 0.849. The summed E-state index contributed by atoms with van der Waals surface area (Å²) in [6.07, 6.45) is -0.204. The third kappa shape index (κ3) is 8.03. The van der Waals surface area contributed by atoms with Gasteiger partial charge in [-0.05, 0) is 55.2 Å². The average molecular weight is 604 g/mol. The molecule has 0 radical (unpaired) electrons. The minimum absolute atomic E-state index is 0.0160. The van der Waals surface area contributed by atoms with Gasteiger partial charge in [-0.15, -0.1) is 0 Å². The quantitative estimate of drug-likeness (QED) is 0.390. The number of sulfonamides is 1. The molecule has 1 N–H and O–H groups in total. The Kier molecular flexibility index (Phi) is 10.3. The highest BCUT2D eigenvalue weighted by Crippen LogP contribution is 2.37. The van der Waals surface area contributed by atoms with Crippen molar-refractivity contribution in [3.63, 3.8) is 0 Å². The average Bonchev–Trinajstić information content (AvgIpc) is 3.39. The number of halogens is 4. The van der Waals surface area contributed by atoms with Crippen molar-refractivity contribution in [2.24, 2.45) is 0 Å². The largest absolute Gasteiger partial charge is 0.497 e. The van der Waals surface area contributed by atoms with Crippen LogP contribution in [-0.4, -0.2) is 57.1 Å². The molecule has 0 aliphatic heterocycles. The number of carbonyl (C=O) groups is 2. The maximum absolute atomic E-state index is 13.8. The van der Waals surface area contributed by atoms with Gasteiger partial charge in [0, 0.05) is 12.6 Å². The molecular weight excluding hydrogens is 571 g/mol. The second-order valence-corrected chi connectivity index (χ2v) is 12.0. The number of anilines is 1. The van der Waals surface area contributed by atoms with Crippen LogP contribution in [0.15, 0.2) is 42.5 Å². The Morgan fingerprint density at radius 2 is 1.82 bits per heavy atom. The number of nitrogens with one attached hydrogen (secondary N) is 1. The van der Waals surface area contributed by atoms with Gasteiger partial charge in [0.1, 0.15) is 18.3 Å². The summed E-state index contributed by atoms with van der Waals surface area (Å²) in [5.74, 6) is -0.612. The fraction of sp³-hybridized carbons (Fsp3) is 0.481. The Morgan fingerprint density at radius 1 is 1.15 bits per heavy atom. The maximum Gasteiger partial charge on any atom is 0.417 e. The smallest absolute Gasteiger partial charge is 0.417 e. The highest BCUT2D eigenvalue weighted by Gasteiger charge is 2.36. The molecule has 1 saturated carbocycles.